The van der Waals surface area contributed by atoms with E-state index >= 15 is 0 Å². The molecule has 0 aliphatic rings. The highest BCUT2D eigenvalue weighted by molar-refractivity contribution is 7.89. The lowest BCUT2D eigenvalue weighted by atomic mass is 10.3. The zero-order valence-electron chi connectivity index (χ0n) is 15.6. The summed E-state index contributed by atoms with van der Waals surface area (Å²) in [5.41, 5.74) is 0.440. The molecule has 6 nitrogen and oxygen atoms in total. The predicted octanol–water partition coefficient (Wildman–Crippen LogP) is 4.39. The van der Waals surface area contributed by atoms with E-state index in [1.165, 1.54) is 19.2 Å². The highest BCUT2D eigenvalue weighted by atomic mass is 35.5. The van der Waals surface area contributed by atoms with Crippen molar-refractivity contribution in [3.63, 3.8) is 0 Å². The molecule has 0 atom stereocenters. The van der Waals surface area contributed by atoms with Crippen LogP contribution in [0.25, 0.3) is 0 Å². The Kier molecular flexibility index (Phi) is 6.53. The van der Waals surface area contributed by atoms with E-state index in [-0.39, 0.29) is 11.4 Å². The Morgan fingerprint density at radius 3 is 2.41 bits per heavy atom. The van der Waals surface area contributed by atoms with Gasteiger partial charge in [-0.2, -0.15) is 4.31 Å². The molecule has 0 saturated heterocycles. The van der Waals surface area contributed by atoms with Crippen LogP contribution in [0.2, 0.25) is 5.02 Å². The zero-order valence-corrected chi connectivity index (χ0v) is 17.2. The number of sulfonamides is 1. The van der Waals surface area contributed by atoms with E-state index in [1.54, 1.807) is 48.5 Å². The molecule has 0 aliphatic carbocycles. The van der Waals surface area contributed by atoms with Gasteiger partial charge in [-0.3, -0.25) is 4.79 Å². The molecular formula is C21H19ClN2O4S. The number of rotatable bonds is 7. The Morgan fingerprint density at radius 2 is 1.69 bits per heavy atom. The maximum atomic E-state index is 12.6. The maximum absolute atomic E-state index is 12.6. The quantitative estimate of drug-likeness (QED) is 0.603. The van der Waals surface area contributed by atoms with E-state index in [2.05, 4.69) is 5.32 Å². The van der Waals surface area contributed by atoms with Crippen LogP contribution >= 0.6 is 11.6 Å². The minimum Gasteiger partial charge on any atom is -0.455 e. The molecule has 0 fully saturated rings. The Balaban J connectivity index is 1.71. The Labute approximate surface area is 174 Å². The number of hydrogen-bond donors (Lipinski definition) is 1. The van der Waals surface area contributed by atoms with E-state index < -0.39 is 15.9 Å². The Hall–Kier alpha value is -2.87. The minimum atomic E-state index is -3.85. The van der Waals surface area contributed by atoms with Crippen LogP contribution in [-0.4, -0.2) is 32.2 Å². The molecule has 0 saturated carbocycles. The molecule has 8 heteroatoms. The summed E-state index contributed by atoms with van der Waals surface area (Å²) >= 11 is 5.88. The van der Waals surface area contributed by atoms with Gasteiger partial charge in [-0.15, -0.1) is 0 Å². The van der Waals surface area contributed by atoms with Crippen molar-refractivity contribution < 1.29 is 17.9 Å². The number of hydrogen-bond acceptors (Lipinski definition) is 4. The van der Waals surface area contributed by atoms with E-state index in [0.29, 0.717) is 22.2 Å². The lowest BCUT2D eigenvalue weighted by molar-refractivity contribution is -0.116. The van der Waals surface area contributed by atoms with Crippen molar-refractivity contribution in [3.05, 3.63) is 83.9 Å². The summed E-state index contributed by atoms with van der Waals surface area (Å²) < 4.78 is 32.1. The second-order valence-electron chi connectivity index (χ2n) is 6.18. The summed E-state index contributed by atoms with van der Waals surface area (Å²) in [7, 11) is -2.52. The van der Waals surface area contributed by atoms with Crippen molar-refractivity contribution in [1.82, 2.24) is 4.31 Å². The van der Waals surface area contributed by atoms with Gasteiger partial charge in [-0.1, -0.05) is 48.0 Å². The summed E-state index contributed by atoms with van der Waals surface area (Å²) in [5, 5.41) is 3.00. The first-order valence-corrected chi connectivity index (χ1v) is 10.5. The van der Waals surface area contributed by atoms with Crippen LogP contribution < -0.4 is 10.1 Å². The Bertz CT molecular complexity index is 1100. The molecule has 0 bridgehead atoms. The van der Waals surface area contributed by atoms with Crippen LogP contribution in [0.15, 0.2) is 83.8 Å². The summed E-state index contributed by atoms with van der Waals surface area (Å²) in [6.45, 7) is -0.367. The first kappa shape index (κ1) is 20.9. The SMILES string of the molecule is CN(CC(=O)Nc1ccccc1Oc1ccccc1)S(=O)(=O)c1cccc(Cl)c1. The first-order chi connectivity index (χ1) is 13.9. The number of carbonyl (C=O) groups excluding carboxylic acids is 1. The van der Waals surface area contributed by atoms with Crippen LogP contribution in [0.4, 0.5) is 5.69 Å². The number of carbonyl (C=O) groups is 1. The van der Waals surface area contributed by atoms with Gasteiger partial charge in [0.05, 0.1) is 17.1 Å². The van der Waals surface area contributed by atoms with Gasteiger partial charge in [0.15, 0.2) is 5.75 Å². The molecule has 3 rings (SSSR count). The minimum absolute atomic E-state index is 0.0214. The van der Waals surface area contributed by atoms with Gasteiger partial charge in [0, 0.05) is 12.1 Å². The molecule has 0 radical (unpaired) electrons. The molecule has 3 aromatic carbocycles. The van der Waals surface area contributed by atoms with E-state index in [9.17, 15) is 13.2 Å². The monoisotopic (exact) mass is 430 g/mol. The van der Waals surface area contributed by atoms with Crippen molar-refractivity contribution in [2.75, 3.05) is 18.9 Å². The lowest BCUT2D eigenvalue weighted by Gasteiger charge is -2.18. The number of ether oxygens (including phenoxy) is 1. The van der Waals surface area contributed by atoms with E-state index in [0.717, 1.165) is 4.31 Å². The summed E-state index contributed by atoms with van der Waals surface area (Å²) in [5.74, 6) is 0.574. The van der Waals surface area contributed by atoms with Crippen molar-refractivity contribution in [3.8, 4) is 11.5 Å². The topological polar surface area (TPSA) is 75.7 Å². The fraction of sp³-hybridized carbons (Fsp3) is 0.0952. The van der Waals surface area contributed by atoms with E-state index in [1.807, 2.05) is 18.2 Å². The van der Waals surface area contributed by atoms with E-state index in [4.69, 9.17) is 16.3 Å². The second-order valence-corrected chi connectivity index (χ2v) is 8.66. The largest absolute Gasteiger partial charge is 0.455 e. The highest BCUT2D eigenvalue weighted by Gasteiger charge is 2.23. The maximum Gasteiger partial charge on any atom is 0.243 e. The number of benzene rings is 3. The molecule has 0 spiro atoms. The standard InChI is InChI=1S/C21H19ClN2O4S/c1-24(29(26,27)18-11-7-8-16(22)14-18)15-21(25)23-19-12-5-6-13-20(19)28-17-9-3-2-4-10-17/h2-14H,15H2,1H3,(H,23,25). The third-order valence-corrected chi connectivity index (χ3v) is 6.04. The second kappa shape index (κ2) is 9.09. The van der Waals surface area contributed by atoms with Gasteiger partial charge in [-0.25, -0.2) is 8.42 Å². The number of halogens is 1. The smallest absolute Gasteiger partial charge is 0.243 e. The van der Waals surface area contributed by atoms with Gasteiger partial charge in [0.25, 0.3) is 0 Å². The average molecular weight is 431 g/mol. The molecule has 1 amide bonds. The van der Waals surface area contributed by atoms with Crippen LogP contribution in [-0.2, 0) is 14.8 Å². The number of anilines is 1. The average Bonchev–Trinajstić information content (AvgIpc) is 2.70. The zero-order chi connectivity index (χ0) is 20.9. The summed E-state index contributed by atoms with van der Waals surface area (Å²) in [6, 6.07) is 22.0. The molecular weight excluding hydrogens is 412 g/mol. The molecule has 0 aromatic heterocycles. The third-order valence-electron chi connectivity index (χ3n) is 4.00. The molecule has 0 heterocycles. The van der Waals surface area contributed by atoms with Gasteiger partial charge >= 0.3 is 0 Å². The number of likely N-dealkylation sites (N-methyl/N-ethyl adjacent to an activating group) is 1. The number of amides is 1. The normalized spacial score (nSPS) is 11.3. The van der Waals surface area contributed by atoms with Gasteiger partial charge in [0.1, 0.15) is 5.75 Å². The van der Waals surface area contributed by atoms with Crippen molar-refractivity contribution in [2.24, 2.45) is 0 Å². The van der Waals surface area contributed by atoms with Crippen molar-refractivity contribution >= 4 is 33.2 Å². The number of para-hydroxylation sites is 3. The van der Waals surface area contributed by atoms with Crippen molar-refractivity contribution in [2.45, 2.75) is 4.90 Å². The summed E-state index contributed by atoms with van der Waals surface area (Å²) in [4.78, 5) is 12.5. The first-order valence-electron chi connectivity index (χ1n) is 8.70. The van der Waals surface area contributed by atoms with Crippen LogP contribution in [0.1, 0.15) is 0 Å². The molecule has 3 aromatic rings. The van der Waals surface area contributed by atoms with Gasteiger partial charge in [-0.05, 0) is 42.5 Å². The van der Waals surface area contributed by atoms with Crippen LogP contribution in [0, 0.1) is 0 Å². The number of nitrogens with one attached hydrogen (secondary N) is 1. The Morgan fingerprint density at radius 1 is 1.00 bits per heavy atom. The lowest BCUT2D eigenvalue weighted by Crippen LogP contribution is -2.35. The summed E-state index contributed by atoms with van der Waals surface area (Å²) in [6.07, 6.45) is 0. The fourth-order valence-corrected chi connectivity index (χ4v) is 3.99. The highest BCUT2D eigenvalue weighted by Crippen LogP contribution is 2.29. The third kappa shape index (κ3) is 5.35. The molecule has 1 N–H and O–H groups in total. The number of nitrogens with zero attached hydrogens (tertiary/aromatic N) is 1. The molecule has 0 unspecified atom stereocenters. The van der Waals surface area contributed by atoms with Gasteiger partial charge < -0.3 is 10.1 Å². The van der Waals surface area contributed by atoms with Crippen molar-refractivity contribution in [1.29, 1.82) is 0 Å². The molecule has 0 aliphatic heterocycles. The predicted molar refractivity (Wildman–Crippen MR) is 113 cm³/mol. The van der Waals surface area contributed by atoms with Crippen LogP contribution in [0.3, 0.4) is 0 Å². The molecule has 150 valence electrons. The fourth-order valence-electron chi connectivity index (χ4n) is 2.56. The molecule has 29 heavy (non-hydrogen) atoms. The van der Waals surface area contributed by atoms with Crippen LogP contribution in [0.5, 0.6) is 11.5 Å². The van der Waals surface area contributed by atoms with Gasteiger partial charge in [0.2, 0.25) is 15.9 Å².